The molecule has 0 aliphatic carbocycles. The van der Waals surface area contributed by atoms with Crippen molar-refractivity contribution in [2.75, 3.05) is 20.8 Å². The molecular weight excluding hydrogens is 284 g/mol. The molecule has 1 aliphatic rings. The highest BCUT2D eigenvalue weighted by molar-refractivity contribution is 6.04. The molecule has 1 saturated heterocycles. The molecule has 1 N–H and O–H groups in total. The first-order valence-electron chi connectivity index (χ1n) is 7.43. The molecule has 2 rings (SSSR count). The molecule has 1 aromatic carbocycles. The van der Waals surface area contributed by atoms with Crippen LogP contribution in [0.2, 0.25) is 0 Å². The third-order valence-corrected chi connectivity index (χ3v) is 3.73. The number of urea groups is 1. The molecular formula is C16H22N2O4. The van der Waals surface area contributed by atoms with Crippen molar-refractivity contribution < 1.29 is 19.1 Å². The summed E-state index contributed by atoms with van der Waals surface area (Å²) in [6, 6.07) is 4.68. The zero-order valence-corrected chi connectivity index (χ0v) is 13.2. The maximum atomic E-state index is 12.3. The van der Waals surface area contributed by atoms with Crippen LogP contribution in [0.25, 0.3) is 0 Å². The largest absolute Gasteiger partial charge is 0.493 e. The Morgan fingerprint density at radius 2 is 1.91 bits per heavy atom. The molecule has 1 unspecified atom stereocenters. The number of carbonyl (C=O) groups excluding carboxylic acids is 2. The molecule has 6 nitrogen and oxygen atoms in total. The second kappa shape index (κ2) is 7.15. The van der Waals surface area contributed by atoms with Crippen LogP contribution in [-0.4, -0.2) is 43.6 Å². The van der Waals surface area contributed by atoms with E-state index in [-0.39, 0.29) is 11.9 Å². The predicted octanol–water partition coefficient (Wildman–Crippen LogP) is 1.97. The number of ether oxygens (including phenoxy) is 2. The third kappa shape index (κ3) is 3.32. The van der Waals surface area contributed by atoms with Gasteiger partial charge >= 0.3 is 6.03 Å². The number of methoxy groups -OCH3 is 2. The highest BCUT2D eigenvalue weighted by Crippen LogP contribution is 2.28. The highest BCUT2D eigenvalue weighted by atomic mass is 16.5. The van der Waals surface area contributed by atoms with Crippen LogP contribution >= 0.6 is 0 Å². The van der Waals surface area contributed by atoms with E-state index in [9.17, 15) is 9.59 Å². The first kappa shape index (κ1) is 16.1. The Morgan fingerprint density at radius 3 is 2.55 bits per heavy atom. The number of hydrogen-bond donors (Lipinski definition) is 1. The van der Waals surface area contributed by atoms with Crippen LogP contribution in [0.1, 0.15) is 25.3 Å². The SMILES string of the molecule is CCCCN1C(=O)NC(Cc2ccc(OC)c(OC)c2)C1=O. The molecule has 1 aromatic rings. The molecule has 1 fully saturated rings. The monoisotopic (exact) mass is 306 g/mol. The van der Waals surface area contributed by atoms with E-state index in [2.05, 4.69) is 5.32 Å². The maximum Gasteiger partial charge on any atom is 0.324 e. The van der Waals surface area contributed by atoms with E-state index in [0.717, 1.165) is 18.4 Å². The summed E-state index contributed by atoms with van der Waals surface area (Å²) >= 11 is 0. The van der Waals surface area contributed by atoms with Crippen molar-refractivity contribution in [1.82, 2.24) is 10.2 Å². The fourth-order valence-corrected chi connectivity index (χ4v) is 2.49. The van der Waals surface area contributed by atoms with E-state index in [1.807, 2.05) is 19.1 Å². The summed E-state index contributed by atoms with van der Waals surface area (Å²) in [5, 5.41) is 2.74. The minimum absolute atomic E-state index is 0.159. The smallest absolute Gasteiger partial charge is 0.324 e. The van der Waals surface area contributed by atoms with Gasteiger partial charge in [-0.3, -0.25) is 9.69 Å². The standard InChI is InChI=1S/C16H22N2O4/c1-4-5-8-18-15(19)12(17-16(18)20)9-11-6-7-13(21-2)14(10-11)22-3/h6-7,10,12H,4-5,8-9H2,1-3H3,(H,17,20). The average molecular weight is 306 g/mol. The van der Waals surface area contributed by atoms with Crippen molar-refractivity contribution in [3.05, 3.63) is 23.8 Å². The zero-order chi connectivity index (χ0) is 16.1. The van der Waals surface area contributed by atoms with Gasteiger partial charge in [-0.25, -0.2) is 4.79 Å². The van der Waals surface area contributed by atoms with Crippen LogP contribution in [0.3, 0.4) is 0 Å². The number of carbonyl (C=O) groups is 2. The summed E-state index contributed by atoms with van der Waals surface area (Å²) < 4.78 is 10.4. The first-order chi connectivity index (χ1) is 10.6. The Bertz CT molecular complexity index is 559. The topological polar surface area (TPSA) is 67.9 Å². The van der Waals surface area contributed by atoms with Crippen LogP contribution in [0.5, 0.6) is 11.5 Å². The zero-order valence-electron chi connectivity index (χ0n) is 13.2. The fraction of sp³-hybridized carbons (Fsp3) is 0.500. The van der Waals surface area contributed by atoms with Crippen molar-refractivity contribution in [1.29, 1.82) is 0 Å². The maximum absolute atomic E-state index is 12.3. The summed E-state index contributed by atoms with van der Waals surface area (Å²) in [5.41, 5.74) is 0.911. The van der Waals surface area contributed by atoms with Gasteiger partial charge in [0.2, 0.25) is 0 Å². The Balaban J connectivity index is 2.08. The van der Waals surface area contributed by atoms with Crippen molar-refractivity contribution in [3.8, 4) is 11.5 Å². The Hall–Kier alpha value is -2.24. The lowest BCUT2D eigenvalue weighted by atomic mass is 10.1. The van der Waals surface area contributed by atoms with Gasteiger partial charge in [0.05, 0.1) is 14.2 Å². The Kier molecular flexibility index (Phi) is 5.25. The van der Waals surface area contributed by atoms with E-state index >= 15 is 0 Å². The quantitative estimate of drug-likeness (QED) is 0.782. The molecule has 0 radical (unpaired) electrons. The first-order valence-corrected chi connectivity index (χ1v) is 7.43. The number of rotatable bonds is 7. The number of nitrogens with zero attached hydrogens (tertiary/aromatic N) is 1. The van der Waals surface area contributed by atoms with Gasteiger partial charge in [0.1, 0.15) is 6.04 Å². The molecule has 22 heavy (non-hydrogen) atoms. The molecule has 0 spiro atoms. The number of imide groups is 1. The third-order valence-electron chi connectivity index (χ3n) is 3.73. The molecule has 1 aliphatic heterocycles. The van der Waals surface area contributed by atoms with Crippen LogP contribution in [-0.2, 0) is 11.2 Å². The summed E-state index contributed by atoms with van der Waals surface area (Å²) in [6.07, 6.45) is 2.20. The van der Waals surface area contributed by atoms with Gasteiger partial charge in [-0.05, 0) is 24.1 Å². The fourth-order valence-electron chi connectivity index (χ4n) is 2.49. The van der Waals surface area contributed by atoms with Gasteiger partial charge < -0.3 is 14.8 Å². The lowest BCUT2D eigenvalue weighted by Crippen LogP contribution is -2.33. The lowest BCUT2D eigenvalue weighted by molar-refractivity contribution is -0.127. The van der Waals surface area contributed by atoms with E-state index in [1.54, 1.807) is 20.3 Å². The Labute approximate surface area is 130 Å². The number of unbranched alkanes of at least 4 members (excludes halogenated alkanes) is 1. The van der Waals surface area contributed by atoms with Gasteiger partial charge in [0.15, 0.2) is 11.5 Å². The number of benzene rings is 1. The van der Waals surface area contributed by atoms with Gasteiger partial charge in [-0.15, -0.1) is 0 Å². The van der Waals surface area contributed by atoms with Crippen LogP contribution in [0, 0.1) is 0 Å². The minimum atomic E-state index is -0.512. The van der Waals surface area contributed by atoms with E-state index < -0.39 is 6.04 Å². The molecule has 120 valence electrons. The molecule has 0 aromatic heterocycles. The summed E-state index contributed by atoms with van der Waals surface area (Å²) in [4.78, 5) is 25.5. The molecule has 3 amide bonds. The van der Waals surface area contributed by atoms with Gasteiger partial charge in [-0.1, -0.05) is 19.4 Å². The second-order valence-corrected chi connectivity index (χ2v) is 5.24. The van der Waals surface area contributed by atoms with E-state index in [0.29, 0.717) is 24.5 Å². The summed E-state index contributed by atoms with van der Waals surface area (Å²) in [6.45, 7) is 2.50. The van der Waals surface area contributed by atoms with Crippen molar-refractivity contribution in [2.24, 2.45) is 0 Å². The highest BCUT2D eigenvalue weighted by Gasteiger charge is 2.37. The summed E-state index contributed by atoms with van der Waals surface area (Å²) in [7, 11) is 3.14. The van der Waals surface area contributed by atoms with Crippen LogP contribution in [0.4, 0.5) is 4.79 Å². The average Bonchev–Trinajstić information content (AvgIpc) is 2.79. The molecule has 0 saturated carbocycles. The summed E-state index contributed by atoms with van der Waals surface area (Å²) in [5.74, 6) is 1.09. The van der Waals surface area contributed by atoms with Gasteiger partial charge in [0.25, 0.3) is 5.91 Å². The van der Waals surface area contributed by atoms with Crippen molar-refractivity contribution in [3.63, 3.8) is 0 Å². The molecule has 1 atom stereocenters. The molecule has 0 bridgehead atoms. The van der Waals surface area contributed by atoms with Crippen LogP contribution < -0.4 is 14.8 Å². The number of hydrogen-bond acceptors (Lipinski definition) is 4. The van der Waals surface area contributed by atoms with Gasteiger partial charge in [0, 0.05) is 13.0 Å². The van der Waals surface area contributed by atoms with Gasteiger partial charge in [-0.2, -0.15) is 0 Å². The van der Waals surface area contributed by atoms with Crippen molar-refractivity contribution >= 4 is 11.9 Å². The molecule has 6 heteroatoms. The lowest BCUT2D eigenvalue weighted by Gasteiger charge is -2.13. The van der Waals surface area contributed by atoms with Crippen LogP contribution in [0.15, 0.2) is 18.2 Å². The van der Waals surface area contributed by atoms with E-state index in [4.69, 9.17) is 9.47 Å². The minimum Gasteiger partial charge on any atom is -0.493 e. The Morgan fingerprint density at radius 1 is 1.18 bits per heavy atom. The molecule has 1 heterocycles. The number of amides is 3. The second-order valence-electron chi connectivity index (χ2n) is 5.24. The number of nitrogens with one attached hydrogen (secondary N) is 1. The van der Waals surface area contributed by atoms with E-state index in [1.165, 1.54) is 4.90 Å². The predicted molar refractivity (Wildman–Crippen MR) is 82.2 cm³/mol. The normalized spacial score (nSPS) is 17.6. The van der Waals surface area contributed by atoms with Crippen molar-refractivity contribution in [2.45, 2.75) is 32.2 Å².